The van der Waals surface area contributed by atoms with Gasteiger partial charge >= 0.3 is 0 Å². The topological polar surface area (TPSA) is 65.0 Å². The number of carbonyl (C=O) groups excluding carboxylic acids is 1. The van der Waals surface area contributed by atoms with Crippen LogP contribution >= 0.6 is 11.8 Å². The van der Waals surface area contributed by atoms with Gasteiger partial charge < -0.3 is 19.3 Å². The zero-order chi connectivity index (χ0) is 11.4. The highest BCUT2D eigenvalue weighted by Crippen LogP contribution is 2.26. The highest BCUT2D eigenvalue weighted by atomic mass is 32.2. The van der Waals surface area contributed by atoms with Crippen molar-refractivity contribution in [2.75, 3.05) is 20.0 Å². The second-order valence-electron chi connectivity index (χ2n) is 3.27. The zero-order valence-corrected chi connectivity index (χ0v) is 9.82. The standard InChI is InChI=1S/C9H16O5S/c1-5(10)15-4-6-7(11)8(12-2)9(13-3)14-6/h6-9,11H,4H2,1-3H3/t6-,7-,8+,9+/m1/s1. The molecule has 0 bridgehead atoms. The van der Waals surface area contributed by atoms with E-state index in [4.69, 9.17) is 14.2 Å². The van der Waals surface area contributed by atoms with Crippen LogP contribution in [-0.2, 0) is 19.0 Å². The first-order valence-electron chi connectivity index (χ1n) is 4.62. The molecule has 0 saturated carbocycles. The molecule has 1 heterocycles. The van der Waals surface area contributed by atoms with Crippen molar-refractivity contribution in [3.8, 4) is 0 Å². The molecule has 1 saturated heterocycles. The Labute approximate surface area is 93.1 Å². The molecule has 5 nitrogen and oxygen atoms in total. The first-order valence-corrected chi connectivity index (χ1v) is 5.61. The third-order valence-electron chi connectivity index (χ3n) is 2.25. The summed E-state index contributed by atoms with van der Waals surface area (Å²) in [4.78, 5) is 10.8. The minimum atomic E-state index is -0.758. The Morgan fingerprint density at radius 3 is 2.53 bits per heavy atom. The SMILES string of the molecule is CO[C@H]1O[C@H](CSC(C)=O)[C@@H](O)[C@@H]1OC. The van der Waals surface area contributed by atoms with Crippen LogP contribution in [0.15, 0.2) is 0 Å². The average molecular weight is 236 g/mol. The summed E-state index contributed by atoms with van der Waals surface area (Å²) in [6.45, 7) is 1.48. The molecule has 0 aromatic rings. The molecule has 0 spiro atoms. The average Bonchev–Trinajstić information content (AvgIpc) is 2.51. The summed E-state index contributed by atoms with van der Waals surface area (Å²) in [5.74, 6) is 0.413. The van der Waals surface area contributed by atoms with Crippen LogP contribution in [0.2, 0.25) is 0 Å². The molecule has 1 fully saturated rings. The molecule has 88 valence electrons. The van der Waals surface area contributed by atoms with Gasteiger partial charge in [0.05, 0.1) is 6.10 Å². The molecule has 1 aliphatic heterocycles. The second-order valence-corrected chi connectivity index (χ2v) is 4.47. The van der Waals surface area contributed by atoms with Gasteiger partial charge in [-0.3, -0.25) is 4.79 Å². The third kappa shape index (κ3) is 3.15. The summed E-state index contributed by atoms with van der Waals surface area (Å²) in [5.41, 5.74) is 0. The van der Waals surface area contributed by atoms with Crippen LogP contribution < -0.4 is 0 Å². The summed E-state index contributed by atoms with van der Waals surface area (Å²) in [7, 11) is 2.98. The summed E-state index contributed by atoms with van der Waals surface area (Å²) in [6.07, 6.45) is -2.24. The molecule has 1 aliphatic rings. The maximum absolute atomic E-state index is 10.8. The number of aliphatic hydroxyl groups is 1. The van der Waals surface area contributed by atoms with E-state index in [9.17, 15) is 9.90 Å². The predicted octanol–water partition coefficient (Wildman–Crippen LogP) is 0.0133. The fourth-order valence-electron chi connectivity index (χ4n) is 1.48. The Bertz CT molecular complexity index is 223. The van der Waals surface area contributed by atoms with Crippen molar-refractivity contribution in [3.63, 3.8) is 0 Å². The maximum Gasteiger partial charge on any atom is 0.186 e. The van der Waals surface area contributed by atoms with Gasteiger partial charge in [0.2, 0.25) is 0 Å². The maximum atomic E-state index is 10.8. The van der Waals surface area contributed by atoms with Gasteiger partial charge in [-0.1, -0.05) is 11.8 Å². The fourth-order valence-corrected chi connectivity index (χ4v) is 2.16. The summed E-state index contributed by atoms with van der Waals surface area (Å²) in [6, 6.07) is 0. The van der Waals surface area contributed by atoms with Crippen molar-refractivity contribution in [2.45, 2.75) is 31.5 Å². The van der Waals surface area contributed by atoms with Gasteiger partial charge in [0, 0.05) is 26.9 Å². The summed E-state index contributed by atoms with van der Waals surface area (Å²) >= 11 is 1.12. The number of aliphatic hydroxyl groups excluding tert-OH is 1. The molecule has 0 aromatic carbocycles. The van der Waals surface area contributed by atoms with Gasteiger partial charge in [0.1, 0.15) is 12.2 Å². The molecule has 0 unspecified atom stereocenters. The van der Waals surface area contributed by atoms with Crippen molar-refractivity contribution in [1.82, 2.24) is 0 Å². The molecule has 1 N–H and O–H groups in total. The second kappa shape index (κ2) is 5.81. The molecule has 6 heteroatoms. The highest BCUT2D eigenvalue weighted by Gasteiger charge is 2.44. The summed E-state index contributed by atoms with van der Waals surface area (Å²) < 4.78 is 15.5. The number of thioether (sulfide) groups is 1. The van der Waals surface area contributed by atoms with E-state index in [2.05, 4.69) is 0 Å². The molecule has 0 amide bonds. The van der Waals surface area contributed by atoms with Crippen molar-refractivity contribution in [1.29, 1.82) is 0 Å². The third-order valence-corrected chi connectivity index (χ3v) is 3.15. The monoisotopic (exact) mass is 236 g/mol. The van der Waals surface area contributed by atoms with E-state index in [0.29, 0.717) is 5.75 Å². The van der Waals surface area contributed by atoms with Crippen molar-refractivity contribution >= 4 is 16.9 Å². The molecular weight excluding hydrogens is 220 g/mol. The fraction of sp³-hybridized carbons (Fsp3) is 0.889. The summed E-state index contributed by atoms with van der Waals surface area (Å²) in [5, 5.41) is 9.81. The first kappa shape index (κ1) is 12.9. The van der Waals surface area contributed by atoms with Gasteiger partial charge in [-0.2, -0.15) is 0 Å². The molecule has 4 atom stereocenters. The number of methoxy groups -OCH3 is 2. The Morgan fingerprint density at radius 1 is 1.47 bits per heavy atom. The Balaban J connectivity index is 2.50. The van der Waals surface area contributed by atoms with Gasteiger partial charge in [0.25, 0.3) is 0 Å². The van der Waals surface area contributed by atoms with Crippen LogP contribution in [0.25, 0.3) is 0 Å². The van der Waals surface area contributed by atoms with Crippen LogP contribution in [0.4, 0.5) is 0 Å². The van der Waals surface area contributed by atoms with Crippen LogP contribution in [-0.4, -0.2) is 54.8 Å². The van der Waals surface area contributed by atoms with E-state index in [0.717, 1.165) is 11.8 Å². The van der Waals surface area contributed by atoms with Gasteiger partial charge in [-0.05, 0) is 0 Å². The van der Waals surface area contributed by atoms with Crippen LogP contribution in [0.3, 0.4) is 0 Å². The lowest BCUT2D eigenvalue weighted by atomic mass is 10.1. The van der Waals surface area contributed by atoms with Crippen molar-refractivity contribution in [2.24, 2.45) is 0 Å². The van der Waals surface area contributed by atoms with E-state index in [1.165, 1.54) is 21.1 Å². The zero-order valence-electron chi connectivity index (χ0n) is 9.00. The first-order chi connectivity index (χ1) is 7.10. The lowest BCUT2D eigenvalue weighted by Crippen LogP contribution is -2.35. The molecular formula is C9H16O5S. The minimum absolute atomic E-state index is 0.000587. The Morgan fingerprint density at radius 2 is 2.13 bits per heavy atom. The minimum Gasteiger partial charge on any atom is -0.387 e. The van der Waals surface area contributed by atoms with Crippen molar-refractivity contribution in [3.05, 3.63) is 0 Å². The van der Waals surface area contributed by atoms with E-state index >= 15 is 0 Å². The number of ether oxygens (including phenoxy) is 3. The smallest absolute Gasteiger partial charge is 0.186 e. The Hall–Kier alpha value is -0.140. The van der Waals surface area contributed by atoms with Gasteiger partial charge in [-0.15, -0.1) is 0 Å². The Kier molecular flexibility index (Phi) is 5.01. The van der Waals surface area contributed by atoms with Crippen LogP contribution in [0, 0.1) is 0 Å². The molecule has 0 radical (unpaired) electrons. The van der Waals surface area contributed by atoms with E-state index in [1.807, 2.05) is 0 Å². The number of hydrogen-bond donors (Lipinski definition) is 1. The van der Waals surface area contributed by atoms with E-state index in [1.54, 1.807) is 0 Å². The predicted molar refractivity (Wildman–Crippen MR) is 55.6 cm³/mol. The van der Waals surface area contributed by atoms with E-state index < -0.39 is 24.6 Å². The lowest BCUT2D eigenvalue weighted by Gasteiger charge is -2.16. The number of carbonyl (C=O) groups is 1. The normalized spacial score (nSPS) is 35.7. The molecule has 1 rings (SSSR count). The molecule has 0 aromatic heterocycles. The highest BCUT2D eigenvalue weighted by molar-refractivity contribution is 8.13. The molecule has 0 aliphatic carbocycles. The largest absolute Gasteiger partial charge is 0.387 e. The number of rotatable bonds is 4. The van der Waals surface area contributed by atoms with Crippen molar-refractivity contribution < 1.29 is 24.1 Å². The number of hydrogen-bond acceptors (Lipinski definition) is 6. The van der Waals surface area contributed by atoms with Crippen LogP contribution in [0.5, 0.6) is 0 Å². The quantitative estimate of drug-likeness (QED) is 0.742. The lowest BCUT2D eigenvalue weighted by molar-refractivity contribution is -0.153. The molecule has 15 heavy (non-hydrogen) atoms. The van der Waals surface area contributed by atoms with Gasteiger partial charge in [0.15, 0.2) is 11.4 Å². The van der Waals surface area contributed by atoms with Gasteiger partial charge in [-0.25, -0.2) is 0 Å². The van der Waals surface area contributed by atoms with E-state index in [-0.39, 0.29) is 5.12 Å². The van der Waals surface area contributed by atoms with Crippen LogP contribution in [0.1, 0.15) is 6.92 Å².